The van der Waals surface area contributed by atoms with Gasteiger partial charge in [0, 0.05) is 61.1 Å². The Morgan fingerprint density at radius 3 is 2.97 bits per heavy atom. The number of carbonyl (C=O) groups is 1. The van der Waals surface area contributed by atoms with E-state index in [0.29, 0.717) is 30.4 Å². The molecule has 3 aromatic rings. The third-order valence-corrected chi connectivity index (χ3v) is 6.01. The number of benzene rings is 1. The van der Waals surface area contributed by atoms with E-state index in [1.807, 2.05) is 55.3 Å². The Labute approximate surface area is 204 Å². The molecule has 1 aliphatic rings. The largest absolute Gasteiger partial charge is 0.487 e. The summed E-state index contributed by atoms with van der Waals surface area (Å²) in [5, 5.41) is 4.33. The first-order chi connectivity index (χ1) is 16.5. The number of hydrogen-bond donors (Lipinski definition) is 1. The van der Waals surface area contributed by atoms with Crippen LogP contribution >= 0.6 is 11.6 Å². The van der Waals surface area contributed by atoms with Crippen LogP contribution in [0, 0.1) is 6.92 Å². The molecule has 1 fully saturated rings. The van der Waals surface area contributed by atoms with E-state index in [-0.39, 0.29) is 12.6 Å². The van der Waals surface area contributed by atoms with Crippen LogP contribution < -0.4 is 15.0 Å². The number of amides is 2. The summed E-state index contributed by atoms with van der Waals surface area (Å²) in [6.07, 6.45) is 9.93. The van der Waals surface area contributed by atoms with Gasteiger partial charge in [-0.15, -0.1) is 0 Å². The van der Waals surface area contributed by atoms with Crippen molar-refractivity contribution in [1.29, 1.82) is 0 Å². The van der Waals surface area contributed by atoms with Gasteiger partial charge in [0.05, 0.1) is 10.7 Å². The maximum absolute atomic E-state index is 12.2. The number of hydrogen-bond acceptors (Lipinski definition) is 5. The first-order valence-electron chi connectivity index (χ1n) is 11.2. The van der Waals surface area contributed by atoms with Gasteiger partial charge in [0.25, 0.3) is 0 Å². The van der Waals surface area contributed by atoms with E-state index < -0.39 is 0 Å². The Morgan fingerprint density at radius 1 is 1.35 bits per heavy atom. The Hall–Kier alpha value is -3.58. The number of aromatic nitrogens is 2. The summed E-state index contributed by atoms with van der Waals surface area (Å²) in [7, 11) is 0. The van der Waals surface area contributed by atoms with Crippen LogP contribution in [-0.4, -0.2) is 34.0 Å². The van der Waals surface area contributed by atoms with Gasteiger partial charge >= 0.3 is 6.03 Å². The van der Waals surface area contributed by atoms with Crippen molar-refractivity contribution in [3.8, 4) is 5.75 Å². The molecule has 7 nitrogen and oxygen atoms in total. The fourth-order valence-corrected chi connectivity index (χ4v) is 4.28. The van der Waals surface area contributed by atoms with Crippen molar-refractivity contribution in [2.75, 3.05) is 18.0 Å². The molecule has 8 heteroatoms. The molecule has 0 spiro atoms. The highest BCUT2D eigenvalue weighted by Crippen LogP contribution is 2.33. The van der Waals surface area contributed by atoms with Crippen LogP contribution in [0.5, 0.6) is 5.75 Å². The lowest BCUT2D eigenvalue weighted by molar-refractivity contribution is 0.182. The number of fused-ring (bicyclic) bond motifs is 1. The molecule has 0 saturated carbocycles. The topological polar surface area (TPSA) is 70.6 Å². The highest BCUT2D eigenvalue weighted by Gasteiger charge is 2.20. The predicted molar refractivity (Wildman–Crippen MR) is 136 cm³/mol. The Morgan fingerprint density at radius 2 is 2.21 bits per heavy atom. The average Bonchev–Trinajstić information content (AvgIpc) is 2.83. The van der Waals surface area contributed by atoms with Gasteiger partial charge in [-0.25, -0.2) is 9.78 Å². The summed E-state index contributed by atoms with van der Waals surface area (Å²) >= 11 is 6.51. The molecule has 34 heavy (non-hydrogen) atoms. The number of aryl methyl sites for hydroxylation is 1. The lowest BCUT2D eigenvalue weighted by Gasteiger charge is -2.28. The number of anilines is 1. The summed E-state index contributed by atoms with van der Waals surface area (Å²) in [6.45, 7) is 9.90. The van der Waals surface area contributed by atoms with Gasteiger partial charge in [-0.3, -0.25) is 4.98 Å². The van der Waals surface area contributed by atoms with E-state index in [2.05, 4.69) is 16.9 Å². The van der Waals surface area contributed by atoms with Gasteiger partial charge in [0.15, 0.2) is 0 Å². The molecule has 0 atom stereocenters. The molecule has 1 N–H and O–H groups in total. The van der Waals surface area contributed by atoms with Crippen LogP contribution in [-0.2, 0) is 13.2 Å². The van der Waals surface area contributed by atoms with E-state index in [1.165, 1.54) is 0 Å². The molecule has 0 aliphatic carbocycles. The molecule has 176 valence electrons. The number of allylic oxidation sites excluding steroid dienone is 1. The molecule has 1 aliphatic heterocycles. The lowest BCUT2D eigenvalue weighted by atomic mass is 10.1. The number of rotatable bonds is 8. The van der Waals surface area contributed by atoms with Crippen LogP contribution in [0.1, 0.15) is 30.2 Å². The zero-order valence-electron chi connectivity index (χ0n) is 19.4. The van der Waals surface area contributed by atoms with Gasteiger partial charge in [0.2, 0.25) is 0 Å². The Kier molecular flexibility index (Phi) is 7.33. The number of nitrogens with zero attached hydrogens (tertiary/aromatic N) is 4. The maximum atomic E-state index is 12.2. The molecular formula is C26H28ClN5O2. The van der Waals surface area contributed by atoms with Gasteiger partial charge in [-0.05, 0) is 38.0 Å². The van der Waals surface area contributed by atoms with Gasteiger partial charge < -0.3 is 19.9 Å². The molecule has 1 aromatic carbocycles. The van der Waals surface area contributed by atoms with Gasteiger partial charge in [-0.2, -0.15) is 0 Å². The van der Waals surface area contributed by atoms with Crippen molar-refractivity contribution >= 4 is 34.2 Å². The lowest BCUT2D eigenvalue weighted by Crippen LogP contribution is -2.45. The minimum absolute atomic E-state index is 0.0766. The molecule has 1 saturated heterocycles. The summed E-state index contributed by atoms with van der Waals surface area (Å²) in [6, 6.07) is 7.81. The molecule has 4 rings (SSSR count). The van der Waals surface area contributed by atoms with E-state index in [1.54, 1.807) is 23.5 Å². The standard InChI is InChI=1S/C26H28ClN5O2/c1-4-11-31(5-2)23-13-18(3)30-25-20(23)8-6-9-24(25)34-17-21-19(14-28-15-22(21)27)16-32-12-7-10-29-26(32)33/h4-6,8-9,11,13-15H,2,7,10,12,16-17H2,1,3H3,(H,29,33)/b11-4-. The number of pyridine rings is 2. The molecule has 3 heterocycles. The second kappa shape index (κ2) is 10.6. The third kappa shape index (κ3) is 4.99. The van der Waals surface area contributed by atoms with Gasteiger partial charge in [-0.1, -0.05) is 36.4 Å². The van der Waals surface area contributed by atoms with Crippen LogP contribution in [0.3, 0.4) is 0 Å². The van der Waals surface area contributed by atoms with E-state index in [9.17, 15) is 4.79 Å². The third-order valence-electron chi connectivity index (χ3n) is 5.69. The molecular weight excluding hydrogens is 450 g/mol. The van der Waals surface area contributed by atoms with Gasteiger partial charge in [0.1, 0.15) is 17.9 Å². The van der Waals surface area contributed by atoms with Crippen molar-refractivity contribution in [1.82, 2.24) is 20.2 Å². The zero-order valence-corrected chi connectivity index (χ0v) is 20.2. The molecule has 0 bridgehead atoms. The predicted octanol–water partition coefficient (Wildman–Crippen LogP) is 5.57. The van der Waals surface area contributed by atoms with Crippen molar-refractivity contribution in [2.24, 2.45) is 0 Å². The summed E-state index contributed by atoms with van der Waals surface area (Å²) in [5.41, 5.74) is 4.27. The Bertz CT molecular complexity index is 1240. The number of carbonyl (C=O) groups excluding carboxylic acids is 1. The summed E-state index contributed by atoms with van der Waals surface area (Å²) < 4.78 is 6.27. The molecule has 2 aromatic heterocycles. The Balaban J connectivity index is 1.65. The highest BCUT2D eigenvalue weighted by molar-refractivity contribution is 6.31. The molecule has 0 radical (unpaired) electrons. The maximum Gasteiger partial charge on any atom is 0.317 e. The number of nitrogens with one attached hydrogen (secondary N) is 1. The molecule has 2 amide bonds. The quantitative estimate of drug-likeness (QED) is 0.459. The average molecular weight is 478 g/mol. The van der Waals surface area contributed by atoms with Crippen LogP contribution in [0.2, 0.25) is 5.02 Å². The smallest absolute Gasteiger partial charge is 0.317 e. The number of para-hydroxylation sites is 1. The van der Waals surface area contributed by atoms with E-state index in [4.69, 9.17) is 21.3 Å². The van der Waals surface area contributed by atoms with Crippen LogP contribution in [0.4, 0.5) is 10.5 Å². The fourth-order valence-electron chi connectivity index (χ4n) is 4.04. The van der Waals surface area contributed by atoms with E-state index in [0.717, 1.165) is 39.8 Å². The van der Waals surface area contributed by atoms with Crippen LogP contribution in [0.25, 0.3) is 10.9 Å². The number of halogens is 1. The first kappa shape index (κ1) is 23.6. The number of urea groups is 1. The van der Waals surface area contributed by atoms with E-state index >= 15 is 0 Å². The summed E-state index contributed by atoms with van der Waals surface area (Å²) in [5.74, 6) is 0.654. The van der Waals surface area contributed by atoms with Crippen molar-refractivity contribution in [3.05, 3.63) is 83.6 Å². The van der Waals surface area contributed by atoms with Crippen molar-refractivity contribution in [3.63, 3.8) is 0 Å². The zero-order chi connectivity index (χ0) is 24.1. The first-order valence-corrected chi connectivity index (χ1v) is 11.6. The van der Waals surface area contributed by atoms with Crippen molar-refractivity contribution < 1.29 is 9.53 Å². The highest BCUT2D eigenvalue weighted by atomic mass is 35.5. The minimum Gasteiger partial charge on any atom is -0.487 e. The second-order valence-corrected chi connectivity index (χ2v) is 8.47. The SMILES string of the molecule is C=CN(/C=C\C)c1cc(C)nc2c(OCc3c(Cl)cncc3CN3CCCNC3=O)cccc12. The van der Waals surface area contributed by atoms with Crippen LogP contribution in [0.15, 0.2) is 61.7 Å². The number of ether oxygens (including phenoxy) is 1. The fraction of sp³-hybridized carbons (Fsp3) is 0.269. The monoisotopic (exact) mass is 477 g/mol. The van der Waals surface area contributed by atoms with Crippen molar-refractivity contribution in [2.45, 2.75) is 33.4 Å². The second-order valence-electron chi connectivity index (χ2n) is 8.06. The summed E-state index contributed by atoms with van der Waals surface area (Å²) in [4.78, 5) is 24.9. The minimum atomic E-state index is -0.0766. The molecule has 0 unspecified atom stereocenters. The normalized spacial score (nSPS) is 13.9.